The zero-order chi connectivity index (χ0) is 21.8. The van der Waals surface area contributed by atoms with Crippen LogP contribution >= 0.6 is 7.14 Å². The third-order valence-corrected chi connectivity index (χ3v) is 8.65. The summed E-state index contributed by atoms with van der Waals surface area (Å²) in [6, 6.07) is 31.1. The minimum Gasteiger partial charge on any atom is -0.496 e. The highest BCUT2D eigenvalue weighted by molar-refractivity contribution is 7.85. The van der Waals surface area contributed by atoms with Gasteiger partial charge in [0, 0.05) is 16.2 Å². The second-order valence-corrected chi connectivity index (χ2v) is 9.98. The molecule has 0 heterocycles. The molecule has 0 bridgehead atoms. The second-order valence-electron chi connectivity index (χ2n) is 7.29. The molecule has 0 aromatic heterocycles. The lowest BCUT2D eigenvalue weighted by Gasteiger charge is -2.25. The summed E-state index contributed by atoms with van der Waals surface area (Å²) in [6.07, 6.45) is 0. The fourth-order valence-electron chi connectivity index (χ4n) is 4.05. The van der Waals surface area contributed by atoms with Crippen molar-refractivity contribution >= 4 is 23.1 Å². The summed E-state index contributed by atoms with van der Waals surface area (Å²) in [4.78, 5) is 0. The highest BCUT2D eigenvalue weighted by Gasteiger charge is 2.35. The van der Waals surface area contributed by atoms with E-state index in [9.17, 15) is 0 Å². The highest BCUT2D eigenvalue weighted by Crippen LogP contribution is 2.48. The molecule has 0 aliphatic rings. The maximum absolute atomic E-state index is 15.2. The molecule has 31 heavy (non-hydrogen) atoms. The van der Waals surface area contributed by atoms with Crippen molar-refractivity contribution in [2.75, 3.05) is 14.2 Å². The Bertz CT molecular complexity index is 1250. The molecule has 0 N–H and O–H groups in total. The van der Waals surface area contributed by atoms with Crippen molar-refractivity contribution in [3.63, 3.8) is 0 Å². The topological polar surface area (TPSA) is 35.5 Å². The van der Waals surface area contributed by atoms with Crippen LogP contribution in [0.5, 0.6) is 11.5 Å². The number of rotatable bonds is 6. The number of benzene rings is 4. The van der Waals surface area contributed by atoms with E-state index in [1.54, 1.807) is 14.2 Å². The minimum atomic E-state index is -3.26. The molecule has 0 amide bonds. The molecule has 0 saturated heterocycles. The molecule has 0 aliphatic carbocycles. The Morgan fingerprint density at radius 3 is 1.90 bits per heavy atom. The first-order valence-corrected chi connectivity index (χ1v) is 11.8. The SMILES string of the molecule is COc1ccccc1[P@@](=O)(c1ccccc1)c1ccccc1-c1c(C)cccc1OC. The van der Waals surface area contributed by atoms with E-state index in [0.717, 1.165) is 33.0 Å². The van der Waals surface area contributed by atoms with Crippen molar-refractivity contribution in [1.29, 1.82) is 0 Å². The molecule has 0 fully saturated rings. The van der Waals surface area contributed by atoms with E-state index in [1.165, 1.54) is 0 Å². The van der Waals surface area contributed by atoms with E-state index in [0.29, 0.717) is 11.1 Å². The Balaban J connectivity index is 2.10. The van der Waals surface area contributed by atoms with Crippen molar-refractivity contribution < 1.29 is 14.0 Å². The van der Waals surface area contributed by atoms with Crippen molar-refractivity contribution in [2.45, 2.75) is 6.92 Å². The quantitative estimate of drug-likeness (QED) is 0.390. The third-order valence-electron chi connectivity index (χ3n) is 5.51. The molecule has 4 rings (SSSR count). The van der Waals surface area contributed by atoms with E-state index < -0.39 is 7.14 Å². The molecule has 4 aromatic carbocycles. The fourth-order valence-corrected chi connectivity index (χ4v) is 7.05. The number of hydrogen-bond donors (Lipinski definition) is 0. The maximum atomic E-state index is 15.2. The molecule has 0 unspecified atom stereocenters. The summed E-state index contributed by atoms with van der Waals surface area (Å²) in [7, 11) is 0.0157. The molecule has 0 aliphatic heterocycles. The van der Waals surface area contributed by atoms with Crippen molar-refractivity contribution in [1.82, 2.24) is 0 Å². The Morgan fingerprint density at radius 2 is 1.19 bits per heavy atom. The summed E-state index contributed by atoms with van der Waals surface area (Å²) in [6.45, 7) is 2.05. The average molecular weight is 428 g/mol. The highest BCUT2D eigenvalue weighted by atomic mass is 31.2. The summed E-state index contributed by atoms with van der Waals surface area (Å²) < 4.78 is 26.5. The van der Waals surface area contributed by atoms with Crippen molar-refractivity contribution in [3.8, 4) is 22.6 Å². The smallest absolute Gasteiger partial charge is 0.175 e. The average Bonchev–Trinajstić information content (AvgIpc) is 2.84. The van der Waals surface area contributed by atoms with Gasteiger partial charge in [0.05, 0.1) is 19.5 Å². The number of ether oxygens (including phenoxy) is 2. The Morgan fingerprint density at radius 1 is 0.613 bits per heavy atom. The van der Waals surface area contributed by atoms with Crippen molar-refractivity contribution in [2.24, 2.45) is 0 Å². The van der Waals surface area contributed by atoms with Crippen LogP contribution in [0.25, 0.3) is 11.1 Å². The molecule has 4 heteroatoms. The normalized spacial score (nSPS) is 12.7. The Hall–Kier alpha value is -3.29. The van der Waals surface area contributed by atoms with Crippen LogP contribution in [0.1, 0.15) is 5.56 Å². The van der Waals surface area contributed by atoms with Gasteiger partial charge in [-0.05, 0) is 36.2 Å². The van der Waals surface area contributed by atoms with Gasteiger partial charge in [-0.1, -0.05) is 78.9 Å². The summed E-state index contributed by atoms with van der Waals surface area (Å²) in [5.41, 5.74) is 2.91. The van der Waals surface area contributed by atoms with Gasteiger partial charge in [-0.2, -0.15) is 0 Å². The molecule has 0 saturated carbocycles. The van der Waals surface area contributed by atoms with Crippen LogP contribution < -0.4 is 25.4 Å². The first-order valence-electron chi connectivity index (χ1n) is 10.1. The summed E-state index contributed by atoms with van der Waals surface area (Å²) in [5, 5.41) is 2.21. The molecule has 0 radical (unpaired) electrons. The lowest BCUT2D eigenvalue weighted by molar-refractivity contribution is 0.416. The standard InChI is InChI=1S/C27H25O3P/c1-20-12-11-17-24(30-3)27(20)22-15-7-9-18-25(22)31(28,21-13-5-4-6-14-21)26-19-10-8-16-23(26)29-2/h4-19H,1-3H3/t31-/m1/s1. The number of methoxy groups -OCH3 is 2. The van der Waals surface area contributed by atoms with Crippen molar-refractivity contribution in [3.05, 3.63) is 103 Å². The number of para-hydroxylation sites is 1. The zero-order valence-electron chi connectivity index (χ0n) is 17.9. The monoisotopic (exact) mass is 428 g/mol. The lowest BCUT2D eigenvalue weighted by atomic mass is 9.99. The molecular weight excluding hydrogens is 403 g/mol. The first kappa shape index (κ1) is 21.0. The van der Waals surface area contributed by atoms with E-state index in [4.69, 9.17) is 9.47 Å². The predicted octanol–water partition coefficient (Wildman–Crippen LogP) is 5.32. The van der Waals surface area contributed by atoms with Gasteiger partial charge in [-0.15, -0.1) is 0 Å². The van der Waals surface area contributed by atoms with Crippen LogP contribution in [-0.2, 0) is 4.57 Å². The van der Waals surface area contributed by atoms with E-state index in [1.807, 2.05) is 104 Å². The van der Waals surface area contributed by atoms with Crippen LogP contribution in [0.2, 0.25) is 0 Å². The maximum Gasteiger partial charge on any atom is 0.175 e. The second kappa shape index (κ2) is 8.83. The minimum absolute atomic E-state index is 0.612. The molecule has 0 spiro atoms. The van der Waals surface area contributed by atoms with Gasteiger partial charge in [-0.3, -0.25) is 0 Å². The Labute approximate surface area is 183 Å². The molecule has 156 valence electrons. The fraction of sp³-hybridized carbons (Fsp3) is 0.111. The van der Waals surface area contributed by atoms with Crippen LogP contribution in [0, 0.1) is 6.92 Å². The summed E-state index contributed by atoms with van der Waals surface area (Å²) in [5.74, 6) is 1.37. The molecular formula is C27H25O3P. The lowest BCUT2D eigenvalue weighted by Crippen LogP contribution is -2.27. The Kier molecular flexibility index (Phi) is 5.97. The van der Waals surface area contributed by atoms with Crippen LogP contribution in [0.3, 0.4) is 0 Å². The van der Waals surface area contributed by atoms with Gasteiger partial charge in [0.15, 0.2) is 7.14 Å². The first-order chi connectivity index (χ1) is 15.1. The number of hydrogen-bond acceptors (Lipinski definition) is 3. The van der Waals surface area contributed by atoms with Crippen LogP contribution in [0.15, 0.2) is 97.1 Å². The van der Waals surface area contributed by atoms with Gasteiger partial charge in [-0.25, -0.2) is 0 Å². The van der Waals surface area contributed by atoms with Gasteiger partial charge in [0.25, 0.3) is 0 Å². The summed E-state index contributed by atoms with van der Waals surface area (Å²) >= 11 is 0. The van der Waals surface area contributed by atoms with E-state index in [-0.39, 0.29) is 0 Å². The third kappa shape index (κ3) is 3.66. The van der Waals surface area contributed by atoms with Crippen LogP contribution in [0.4, 0.5) is 0 Å². The van der Waals surface area contributed by atoms with E-state index in [2.05, 4.69) is 0 Å². The van der Waals surface area contributed by atoms with Gasteiger partial charge in [0.2, 0.25) is 0 Å². The van der Waals surface area contributed by atoms with E-state index >= 15 is 4.57 Å². The van der Waals surface area contributed by atoms with Crippen LogP contribution in [-0.4, -0.2) is 14.2 Å². The van der Waals surface area contributed by atoms with Gasteiger partial charge >= 0.3 is 0 Å². The largest absolute Gasteiger partial charge is 0.496 e. The van der Waals surface area contributed by atoms with Gasteiger partial charge in [0.1, 0.15) is 11.5 Å². The number of aryl methyl sites for hydroxylation is 1. The molecule has 3 nitrogen and oxygen atoms in total. The molecule has 1 atom stereocenters. The molecule has 4 aromatic rings. The zero-order valence-corrected chi connectivity index (χ0v) is 18.8. The predicted molar refractivity (Wildman–Crippen MR) is 129 cm³/mol. The van der Waals surface area contributed by atoms with Gasteiger partial charge < -0.3 is 14.0 Å².